The van der Waals surface area contributed by atoms with Crippen LogP contribution >= 0.6 is 0 Å². The zero-order valence-corrected chi connectivity index (χ0v) is 9.48. The highest BCUT2D eigenvalue weighted by molar-refractivity contribution is 5.86. The highest BCUT2D eigenvalue weighted by Crippen LogP contribution is 2.36. The maximum atomic E-state index is 13.3. The molecule has 1 aliphatic heterocycles. The van der Waals surface area contributed by atoms with Crippen LogP contribution in [0.5, 0.6) is 0 Å². The van der Waals surface area contributed by atoms with Gasteiger partial charge in [-0.15, -0.1) is 0 Å². The largest absolute Gasteiger partial charge is 0.334 e. The first-order chi connectivity index (χ1) is 8.74. The Kier molecular flexibility index (Phi) is 2.55. The molecule has 2 aromatic carbocycles. The van der Waals surface area contributed by atoms with Crippen LogP contribution in [0.25, 0.3) is 0 Å². The van der Waals surface area contributed by atoms with Gasteiger partial charge >= 0.3 is 0 Å². The maximum absolute atomic E-state index is 13.3. The van der Waals surface area contributed by atoms with Gasteiger partial charge in [0.05, 0.1) is 17.9 Å². The minimum atomic E-state index is -0.307. The normalized spacial score (nSPS) is 13.6. The Morgan fingerprint density at radius 1 is 0.944 bits per heavy atom. The van der Waals surface area contributed by atoms with Crippen LogP contribution in [0, 0.1) is 11.6 Å². The standard InChI is InChI=1S/C14H10F2N2/c15-10-1-4-12(5-2-10)18-8-7-17-13-6-3-11(16)9-14(13)18/h1-7,9H,8H2. The van der Waals surface area contributed by atoms with Crippen LogP contribution in [-0.4, -0.2) is 12.8 Å². The summed E-state index contributed by atoms with van der Waals surface area (Å²) in [4.78, 5) is 6.11. The summed E-state index contributed by atoms with van der Waals surface area (Å²) in [5, 5.41) is 0. The molecule has 0 saturated carbocycles. The number of nitrogens with zero attached hydrogens (tertiary/aromatic N) is 2. The number of aliphatic imine (C=N–C) groups is 1. The van der Waals surface area contributed by atoms with E-state index in [1.54, 1.807) is 24.4 Å². The summed E-state index contributed by atoms with van der Waals surface area (Å²) in [6.45, 7) is 0.544. The van der Waals surface area contributed by atoms with E-state index in [4.69, 9.17) is 0 Å². The van der Waals surface area contributed by atoms with Gasteiger partial charge in [0, 0.05) is 11.9 Å². The van der Waals surface area contributed by atoms with Crippen LogP contribution in [0.1, 0.15) is 0 Å². The molecule has 0 bridgehead atoms. The van der Waals surface area contributed by atoms with Crippen LogP contribution in [0.4, 0.5) is 25.8 Å². The molecular formula is C14H10F2N2. The molecule has 0 radical (unpaired) electrons. The van der Waals surface area contributed by atoms with E-state index in [0.717, 1.165) is 5.69 Å². The fourth-order valence-corrected chi connectivity index (χ4v) is 2.01. The van der Waals surface area contributed by atoms with Crippen LogP contribution in [0.3, 0.4) is 0 Å². The average Bonchev–Trinajstić information content (AvgIpc) is 2.39. The molecule has 2 nitrogen and oxygen atoms in total. The number of halogens is 2. The van der Waals surface area contributed by atoms with Gasteiger partial charge < -0.3 is 4.90 Å². The maximum Gasteiger partial charge on any atom is 0.125 e. The van der Waals surface area contributed by atoms with E-state index in [2.05, 4.69) is 4.99 Å². The molecule has 0 saturated heterocycles. The van der Waals surface area contributed by atoms with E-state index < -0.39 is 0 Å². The molecule has 18 heavy (non-hydrogen) atoms. The van der Waals surface area contributed by atoms with Crippen molar-refractivity contribution in [2.45, 2.75) is 0 Å². The van der Waals surface area contributed by atoms with Crippen LogP contribution < -0.4 is 4.90 Å². The lowest BCUT2D eigenvalue weighted by molar-refractivity contribution is 0.626. The predicted octanol–water partition coefficient (Wildman–Crippen LogP) is 3.82. The first-order valence-electron chi connectivity index (χ1n) is 5.59. The van der Waals surface area contributed by atoms with Crippen molar-refractivity contribution in [3.63, 3.8) is 0 Å². The van der Waals surface area contributed by atoms with Crippen LogP contribution in [0.2, 0.25) is 0 Å². The zero-order valence-electron chi connectivity index (χ0n) is 9.48. The van der Waals surface area contributed by atoms with Crippen molar-refractivity contribution in [3.05, 3.63) is 54.1 Å². The Labute approximate surface area is 103 Å². The fraction of sp³-hybridized carbons (Fsp3) is 0.0714. The summed E-state index contributed by atoms with van der Waals surface area (Å²) in [5.74, 6) is -0.596. The quantitative estimate of drug-likeness (QED) is 0.744. The van der Waals surface area contributed by atoms with Crippen molar-refractivity contribution in [1.29, 1.82) is 0 Å². The van der Waals surface area contributed by atoms with Gasteiger partial charge in [0.15, 0.2) is 0 Å². The van der Waals surface area contributed by atoms with E-state index in [1.165, 1.54) is 24.3 Å². The smallest absolute Gasteiger partial charge is 0.125 e. The molecule has 1 aliphatic rings. The molecule has 0 fully saturated rings. The number of fused-ring (bicyclic) bond motifs is 1. The number of hydrogen-bond donors (Lipinski definition) is 0. The number of hydrogen-bond acceptors (Lipinski definition) is 2. The van der Waals surface area contributed by atoms with Crippen molar-refractivity contribution in [2.75, 3.05) is 11.4 Å². The summed E-state index contributed by atoms with van der Waals surface area (Å²) in [7, 11) is 0. The Hall–Kier alpha value is -2.23. The third-order valence-electron chi connectivity index (χ3n) is 2.86. The Morgan fingerprint density at radius 2 is 1.67 bits per heavy atom. The van der Waals surface area contributed by atoms with Gasteiger partial charge in [-0.05, 0) is 42.5 Å². The average molecular weight is 244 g/mol. The first kappa shape index (κ1) is 10.9. The highest BCUT2D eigenvalue weighted by Gasteiger charge is 2.16. The summed E-state index contributed by atoms with van der Waals surface area (Å²) in [6, 6.07) is 10.6. The summed E-state index contributed by atoms with van der Waals surface area (Å²) in [5.41, 5.74) is 2.23. The van der Waals surface area contributed by atoms with Crippen LogP contribution in [-0.2, 0) is 0 Å². The van der Waals surface area contributed by atoms with Crippen LogP contribution in [0.15, 0.2) is 47.5 Å². The number of anilines is 2. The molecule has 3 rings (SSSR count). The second-order valence-corrected chi connectivity index (χ2v) is 4.03. The van der Waals surface area contributed by atoms with Crippen molar-refractivity contribution in [3.8, 4) is 0 Å². The van der Waals surface area contributed by atoms with Crippen molar-refractivity contribution < 1.29 is 8.78 Å². The van der Waals surface area contributed by atoms with E-state index in [1.807, 2.05) is 4.90 Å². The van der Waals surface area contributed by atoms with E-state index in [-0.39, 0.29) is 11.6 Å². The topological polar surface area (TPSA) is 15.6 Å². The third-order valence-corrected chi connectivity index (χ3v) is 2.86. The molecule has 1 heterocycles. The van der Waals surface area contributed by atoms with Gasteiger partial charge in [-0.2, -0.15) is 0 Å². The van der Waals surface area contributed by atoms with Gasteiger partial charge in [-0.1, -0.05) is 0 Å². The first-order valence-corrected chi connectivity index (χ1v) is 5.59. The Bertz CT molecular complexity index is 606. The van der Waals surface area contributed by atoms with Crippen molar-refractivity contribution in [2.24, 2.45) is 4.99 Å². The summed E-state index contributed by atoms with van der Waals surface area (Å²) >= 11 is 0. The lowest BCUT2D eigenvalue weighted by Gasteiger charge is -2.27. The molecular weight excluding hydrogens is 234 g/mol. The lowest BCUT2D eigenvalue weighted by Crippen LogP contribution is -2.22. The van der Waals surface area contributed by atoms with Gasteiger partial charge in [0.1, 0.15) is 11.6 Å². The van der Waals surface area contributed by atoms with E-state index >= 15 is 0 Å². The van der Waals surface area contributed by atoms with Crippen molar-refractivity contribution in [1.82, 2.24) is 0 Å². The summed E-state index contributed by atoms with van der Waals surface area (Å²) in [6.07, 6.45) is 1.75. The second-order valence-electron chi connectivity index (χ2n) is 4.03. The molecule has 0 N–H and O–H groups in total. The molecule has 0 aromatic heterocycles. The third kappa shape index (κ3) is 1.86. The molecule has 0 spiro atoms. The molecule has 0 aliphatic carbocycles. The molecule has 2 aromatic rings. The van der Waals surface area contributed by atoms with Gasteiger partial charge in [0.2, 0.25) is 0 Å². The predicted molar refractivity (Wildman–Crippen MR) is 68.0 cm³/mol. The molecule has 4 heteroatoms. The monoisotopic (exact) mass is 244 g/mol. The van der Waals surface area contributed by atoms with Crippen molar-refractivity contribution >= 4 is 23.3 Å². The second kappa shape index (κ2) is 4.22. The Balaban J connectivity index is 2.07. The minimum absolute atomic E-state index is 0.288. The highest BCUT2D eigenvalue weighted by atomic mass is 19.1. The van der Waals surface area contributed by atoms with E-state index in [0.29, 0.717) is 17.9 Å². The zero-order chi connectivity index (χ0) is 12.5. The molecule has 0 amide bonds. The minimum Gasteiger partial charge on any atom is -0.334 e. The fourth-order valence-electron chi connectivity index (χ4n) is 2.01. The lowest BCUT2D eigenvalue weighted by atomic mass is 10.2. The van der Waals surface area contributed by atoms with E-state index in [9.17, 15) is 8.78 Å². The van der Waals surface area contributed by atoms with Gasteiger partial charge in [-0.25, -0.2) is 8.78 Å². The molecule has 0 unspecified atom stereocenters. The Morgan fingerprint density at radius 3 is 2.44 bits per heavy atom. The number of benzene rings is 2. The SMILES string of the molecule is Fc1ccc(N2CC=Nc3ccc(F)cc32)cc1. The van der Waals surface area contributed by atoms with Gasteiger partial charge in [0.25, 0.3) is 0 Å². The number of rotatable bonds is 1. The summed E-state index contributed by atoms with van der Waals surface area (Å²) < 4.78 is 26.2. The molecule has 0 atom stereocenters. The van der Waals surface area contributed by atoms with Gasteiger partial charge in [-0.3, -0.25) is 4.99 Å². The molecule has 90 valence electrons.